The standard InChI is InChI=1S/C24H23FN4O3S/c1-24(16-8-10-17(25)11-9-16)22(31)29(23(32)27-24)14-20(30)28-12-4-5-15(13-28)21-26-18-6-2-3-7-19(18)33-21/h2-3,6-11,15H,4-5,12-14H2,1H3,(H,27,32)/t15-,24-/m1/s1. The molecule has 2 aliphatic rings. The van der Waals surface area contributed by atoms with Crippen molar-refractivity contribution < 1.29 is 18.8 Å². The first-order valence-corrected chi connectivity index (χ1v) is 11.7. The minimum atomic E-state index is -1.34. The van der Waals surface area contributed by atoms with Gasteiger partial charge in [0.05, 0.1) is 15.2 Å². The van der Waals surface area contributed by atoms with E-state index in [0.717, 1.165) is 33.0 Å². The van der Waals surface area contributed by atoms with Crippen molar-refractivity contribution in [3.05, 3.63) is 64.9 Å². The third-order valence-electron chi connectivity index (χ3n) is 6.42. The number of imide groups is 1. The maximum atomic E-state index is 13.3. The van der Waals surface area contributed by atoms with Crippen LogP contribution in [-0.2, 0) is 15.1 Å². The number of nitrogens with one attached hydrogen (secondary N) is 1. The van der Waals surface area contributed by atoms with Crippen molar-refractivity contribution in [2.75, 3.05) is 19.6 Å². The lowest BCUT2D eigenvalue weighted by molar-refractivity contribution is -0.139. The van der Waals surface area contributed by atoms with Crippen LogP contribution < -0.4 is 5.32 Å². The maximum Gasteiger partial charge on any atom is 0.325 e. The average molecular weight is 467 g/mol. The van der Waals surface area contributed by atoms with Gasteiger partial charge in [0.25, 0.3) is 5.91 Å². The molecule has 170 valence electrons. The van der Waals surface area contributed by atoms with Crippen molar-refractivity contribution >= 4 is 39.4 Å². The van der Waals surface area contributed by atoms with Gasteiger partial charge in [0.2, 0.25) is 5.91 Å². The van der Waals surface area contributed by atoms with E-state index < -0.39 is 23.3 Å². The minimum Gasteiger partial charge on any atom is -0.340 e. The van der Waals surface area contributed by atoms with Gasteiger partial charge in [-0.2, -0.15) is 0 Å². The molecule has 0 radical (unpaired) electrons. The number of carbonyl (C=O) groups excluding carboxylic acids is 3. The van der Waals surface area contributed by atoms with E-state index in [1.54, 1.807) is 23.2 Å². The number of nitrogens with zero attached hydrogens (tertiary/aromatic N) is 3. The van der Waals surface area contributed by atoms with Crippen molar-refractivity contribution in [2.24, 2.45) is 0 Å². The summed E-state index contributed by atoms with van der Waals surface area (Å²) in [5.41, 5.74) is 0.0858. The van der Waals surface area contributed by atoms with Crippen molar-refractivity contribution in [3.8, 4) is 0 Å². The Morgan fingerprint density at radius 2 is 1.97 bits per heavy atom. The Morgan fingerprint density at radius 3 is 2.73 bits per heavy atom. The summed E-state index contributed by atoms with van der Waals surface area (Å²) in [7, 11) is 0. The van der Waals surface area contributed by atoms with Crippen LogP contribution in [0.1, 0.15) is 36.3 Å². The lowest BCUT2D eigenvalue weighted by atomic mass is 9.92. The maximum absolute atomic E-state index is 13.3. The molecule has 0 unspecified atom stereocenters. The zero-order chi connectivity index (χ0) is 23.2. The molecule has 1 N–H and O–H groups in total. The number of hydrogen-bond donors (Lipinski definition) is 1. The van der Waals surface area contributed by atoms with Crippen LogP contribution in [0.2, 0.25) is 0 Å². The van der Waals surface area contributed by atoms with Gasteiger partial charge < -0.3 is 10.2 Å². The summed E-state index contributed by atoms with van der Waals surface area (Å²) in [5.74, 6) is -1.09. The van der Waals surface area contributed by atoms with Crippen molar-refractivity contribution in [1.29, 1.82) is 0 Å². The van der Waals surface area contributed by atoms with Gasteiger partial charge in [0.1, 0.15) is 17.9 Å². The molecule has 0 bridgehead atoms. The monoisotopic (exact) mass is 466 g/mol. The number of hydrogen-bond acceptors (Lipinski definition) is 5. The number of aromatic nitrogens is 1. The quantitative estimate of drug-likeness (QED) is 0.596. The average Bonchev–Trinajstić information content (AvgIpc) is 3.35. The molecule has 1 aromatic heterocycles. The van der Waals surface area contributed by atoms with Crippen LogP contribution in [-0.4, -0.2) is 52.3 Å². The molecule has 2 fully saturated rings. The Hall–Kier alpha value is -3.33. The zero-order valence-electron chi connectivity index (χ0n) is 18.1. The Bertz CT molecular complexity index is 1210. The number of thiazole rings is 1. The molecule has 2 aliphatic heterocycles. The second-order valence-corrected chi connectivity index (χ2v) is 9.71. The molecule has 0 spiro atoms. The summed E-state index contributed by atoms with van der Waals surface area (Å²) < 4.78 is 14.4. The Morgan fingerprint density at radius 1 is 1.21 bits per heavy atom. The normalized spacial score (nSPS) is 23.3. The largest absolute Gasteiger partial charge is 0.340 e. The first-order chi connectivity index (χ1) is 15.8. The number of halogens is 1. The van der Waals surface area contributed by atoms with Crippen LogP contribution in [0.5, 0.6) is 0 Å². The Kier molecular flexibility index (Phi) is 5.36. The summed E-state index contributed by atoms with van der Waals surface area (Å²) in [6.45, 7) is 2.33. The molecule has 2 saturated heterocycles. The molecule has 33 heavy (non-hydrogen) atoms. The van der Waals surface area contributed by atoms with Crippen molar-refractivity contribution in [2.45, 2.75) is 31.2 Å². The molecular weight excluding hydrogens is 443 g/mol. The van der Waals surface area contributed by atoms with Crippen LogP contribution in [0.4, 0.5) is 9.18 Å². The molecule has 3 heterocycles. The summed E-state index contributed by atoms with van der Waals surface area (Å²) in [5, 5.41) is 3.67. The van der Waals surface area contributed by atoms with E-state index in [1.165, 1.54) is 24.3 Å². The third kappa shape index (κ3) is 3.86. The second kappa shape index (κ2) is 8.22. The Labute approximate surface area is 194 Å². The number of benzene rings is 2. The van der Waals surface area contributed by atoms with Crippen LogP contribution in [0.25, 0.3) is 10.2 Å². The number of carbonyl (C=O) groups is 3. The zero-order valence-corrected chi connectivity index (χ0v) is 18.9. The first kappa shape index (κ1) is 21.5. The summed E-state index contributed by atoms with van der Waals surface area (Å²) in [6, 6.07) is 12.7. The molecule has 2 atom stereocenters. The topological polar surface area (TPSA) is 82.6 Å². The van der Waals surface area contributed by atoms with Crippen molar-refractivity contribution in [3.63, 3.8) is 0 Å². The second-order valence-electron chi connectivity index (χ2n) is 8.65. The first-order valence-electron chi connectivity index (χ1n) is 10.9. The predicted octanol–water partition coefficient (Wildman–Crippen LogP) is 3.61. The molecule has 0 saturated carbocycles. The molecular formula is C24H23FN4O3S. The Balaban J connectivity index is 1.29. The van der Waals surface area contributed by atoms with Gasteiger partial charge in [-0.05, 0) is 49.6 Å². The highest BCUT2D eigenvalue weighted by atomic mass is 32.1. The van der Waals surface area contributed by atoms with Crippen LogP contribution in [0.3, 0.4) is 0 Å². The van der Waals surface area contributed by atoms with E-state index >= 15 is 0 Å². The minimum absolute atomic E-state index is 0.132. The third-order valence-corrected chi connectivity index (χ3v) is 7.62. The summed E-state index contributed by atoms with van der Waals surface area (Å²) >= 11 is 1.65. The van der Waals surface area contributed by atoms with Crippen LogP contribution in [0.15, 0.2) is 48.5 Å². The fourth-order valence-electron chi connectivity index (χ4n) is 4.52. The van der Waals surface area contributed by atoms with E-state index in [9.17, 15) is 18.8 Å². The fourth-order valence-corrected chi connectivity index (χ4v) is 5.62. The summed E-state index contributed by atoms with van der Waals surface area (Å²) in [6.07, 6.45) is 1.77. The highest BCUT2D eigenvalue weighted by Gasteiger charge is 2.49. The highest BCUT2D eigenvalue weighted by molar-refractivity contribution is 7.18. The highest BCUT2D eigenvalue weighted by Crippen LogP contribution is 2.33. The SMILES string of the molecule is C[C@]1(c2ccc(F)cc2)NC(=O)N(CC(=O)N2CCC[C@@H](c3nc4ccccc4s3)C2)C1=O. The smallest absolute Gasteiger partial charge is 0.325 e. The molecule has 3 aromatic rings. The van der Waals surface area contributed by atoms with Gasteiger partial charge in [-0.1, -0.05) is 24.3 Å². The number of para-hydroxylation sites is 1. The van der Waals surface area contributed by atoms with E-state index in [-0.39, 0.29) is 18.4 Å². The molecule has 4 amide bonds. The molecule has 5 rings (SSSR count). The molecule has 9 heteroatoms. The molecule has 7 nitrogen and oxygen atoms in total. The van der Waals surface area contributed by atoms with Gasteiger partial charge >= 0.3 is 6.03 Å². The number of fused-ring (bicyclic) bond motifs is 1. The fraction of sp³-hybridized carbons (Fsp3) is 0.333. The predicted molar refractivity (Wildman–Crippen MR) is 122 cm³/mol. The van der Waals surface area contributed by atoms with E-state index in [2.05, 4.69) is 5.32 Å². The van der Waals surface area contributed by atoms with E-state index in [1.807, 2.05) is 24.3 Å². The van der Waals surface area contributed by atoms with E-state index in [0.29, 0.717) is 18.7 Å². The number of urea groups is 1. The van der Waals surface area contributed by atoms with Gasteiger partial charge in [0.15, 0.2) is 0 Å². The van der Waals surface area contributed by atoms with Gasteiger partial charge in [-0.25, -0.2) is 14.2 Å². The number of rotatable bonds is 4. The van der Waals surface area contributed by atoms with Crippen LogP contribution >= 0.6 is 11.3 Å². The number of piperidine rings is 1. The lowest BCUT2D eigenvalue weighted by Gasteiger charge is -2.32. The molecule has 0 aliphatic carbocycles. The molecule has 2 aromatic carbocycles. The van der Waals surface area contributed by atoms with Gasteiger partial charge in [0, 0.05) is 19.0 Å². The lowest BCUT2D eigenvalue weighted by Crippen LogP contribution is -2.47. The number of likely N-dealkylation sites (tertiary alicyclic amines) is 1. The van der Waals surface area contributed by atoms with Crippen molar-refractivity contribution in [1.82, 2.24) is 20.1 Å². The van der Waals surface area contributed by atoms with Gasteiger partial charge in [-0.15, -0.1) is 11.3 Å². The number of amides is 4. The van der Waals surface area contributed by atoms with E-state index in [4.69, 9.17) is 4.98 Å². The van der Waals surface area contributed by atoms with Crippen LogP contribution in [0, 0.1) is 5.82 Å². The summed E-state index contributed by atoms with van der Waals surface area (Å²) in [4.78, 5) is 46.2. The van der Waals surface area contributed by atoms with Gasteiger partial charge in [-0.3, -0.25) is 14.5 Å².